The van der Waals surface area contributed by atoms with Crippen LogP contribution in [0.25, 0.3) is 10.4 Å². The summed E-state index contributed by atoms with van der Waals surface area (Å²) in [6, 6.07) is 4.54. The number of ether oxygens (including phenoxy) is 1. The third-order valence-electron chi connectivity index (χ3n) is 4.01. The number of benzene rings is 1. The third kappa shape index (κ3) is 3.34. The van der Waals surface area contributed by atoms with Crippen LogP contribution in [0.3, 0.4) is 0 Å². The summed E-state index contributed by atoms with van der Waals surface area (Å²) in [7, 11) is 1.59. The molecular weight excluding hydrogens is 343 g/mol. The topological polar surface area (TPSA) is 80.8 Å². The fourth-order valence-electron chi connectivity index (χ4n) is 2.64. The Labute approximate surface area is 149 Å². The maximum atomic E-state index is 13.8. The van der Waals surface area contributed by atoms with E-state index < -0.39 is 5.54 Å². The third-order valence-corrected chi connectivity index (χ3v) is 5.31. The van der Waals surface area contributed by atoms with Crippen LogP contribution in [0.5, 0.6) is 5.75 Å². The number of carbonyl (C=O) groups is 1. The molecule has 1 aliphatic heterocycles. The van der Waals surface area contributed by atoms with Gasteiger partial charge in [-0.3, -0.25) is 9.69 Å². The zero-order valence-electron chi connectivity index (χ0n) is 14.2. The molecule has 0 saturated carbocycles. The molecule has 2 N–H and O–H groups in total. The first kappa shape index (κ1) is 17.3. The van der Waals surface area contributed by atoms with Crippen LogP contribution in [0.4, 0.5) is 4.39 Å². The number of halogens is 1. The highest BCUT2D eigenvalue weighted by atomic mass is 32.1. The number of rotatable bonds is 4. The molecule has 2 aromatic rings. The van der Waals surface area contributed by atoms with E-state index in [9.17, 15) is 9.18 Å². The summed E-state index contributed by atoms with van der Waals surface area (Å²) in [5, 5.41) is 0.661. The van der Waals surface area contributed by atoms with Crippen LogP contribution >= 0.6 is 11.3 Å². The number of nitrogens with two attached hydrogens (primary N) is 1. The molecule has 1 atom stereocenters. The molecule has 1 amide bonds. The molecule has 0 radical (unpaired) electrons. The maximum absolute atomic E-state index is 13.8. The van der Waals surface area contributed by atoms with Crippen molar-refractivity contribution >= 4 is 23.2 Å². The lowest BCUT2D eigenvalue weighted by Gasteiger charge is -2.31. The maximum Gasteiger partial charge on any atom is 0.231 e. The summed E-state index contributed by atoms with van der Waals surface area (Å²) < 4.78 is 19.2. The van der Waals surface area contributed by atoms with Crippen molar-refractivity contribution in [3.05, 3.63) is 35.2 Å². The second-order valence-corrected chi connectivity index (χ2v) is 7.04. The summed E-state index contributed by atoms with van der Waals surface area (Å²) in [4.78, 5) is 23.1. The second kappa shape index (κ2) is 6.44. The normalized spacial score (nSPS) is 20.6. The number of aliphatic imine (C=N–C) groups is 1. The lowest BCUT2D eigenvalue weighted by molar-refractivity contribution is -0.128. The molecule has 1 aliphatic rings. The minimum atomic E-state index is -0.813. The highest BCUT2D eigenvalue weighted by Crippen LogP contribution is 2.39. The van der Waals surface area contributed by atoms with E-state index in [0.29, 0.717) is 22.9 Å². The molecular formula is C17H19FN4O2S. The summed E-state index contributed by atoms with van der Waals surface area (Å²) in [5.74, 6) is 0.144. The number of amides is 1. The molecule has 3 rings (SSSR count). The van der Waals surface area contributed by atoms with E-state index in [1.807, 2.05) is 13.8 Å². The number of hydrogen-bond donors (Lipinski definition) is 1. The lowest BCUT2D eigenvalue weighted by atomic mass is 9.97. The van der Waals surface area contributed by atoms with Crippen molar-refractivity contribution < 1.29 is 13.9 Å². The van der Waals surface area contributed by atoms with Gasteiger partial charge >= 0.3 is 0 Å². The van der Waals surface area contributed by atoms with Gasteiger partial charge < -0.3 is 10.5 Å². The van der Waals surface area contributed by atoms with Crippen molar-refractivity contribution in [2.45, 2.75) is 25.8 Å². The molecule has 0 fully saturated rings. The van der Waals surface area contributed by atoms with Crippen LogP contribution in [0.1, 0.15) is 25.3 Å². The highest BCUT2D eigenvalue weighted by molar-refractivity contribution is 7.15. The van der Waals surface area contributed by atoms with Gasteiger partial charge in [-0.15, -0.1) is 11.3 Å². The van der Waals surface area contributed by atoms with Crippen LogP contribution in [-0.2, 0) is 10.3 Å². The SMILES string of the molecule is CCOc1cc(F)cc(-c2cnc([C@]3(C)CC(=O)N(C)C(N)=N3)s2)c1. The Morgan fingerprint density at radius 1 is 1.44 bits per heavy atom. The fraction of sp³-hybridized carbons (Fsp3) is 0.353. The zero-order chi connectivity index (χ0) is 18.2. The largest absolute Gasteiger partial charge is 0.494 e. The fourth-order valence-corrected chi connectivity index (χ4v) is 3.64. The monoisotopic (exact) mass is 362 g/mol. The molecule has 0 unspecified atom stereocenters. The molecule has 25 heavy (non-hydrogen) atoms. The Morgan fingerprint density at radius 2 is 2.20 bits per heavy atom. The molecule has 6 nitrogen and oxygen atoms in total. The van der Waals surface area contributed by atoms with Crippen LogP contribution < -0.4 is 10.5 Å². The number of aromatic nitrogens is 1. The number of nitrogens with zero attached hydrogens (tertiary/aromatic N) is 3. The predicted molar refractivity (Wildman–Crippen MR) is 95.0 cm³/mol. The van der Waals surface area contributed by atoms with E-state index in [1.165, 1.54) is 28.4 Å². The first-order valence-electron chi connectivity index (χ1n) is 7.84. The van der Waals surface area contributed by atoms with Crippen molar-refractivity contribution in [3.63, 3.8) is 0 Å². The number of guanidine groups is 1. The smallest absolute Gasteiger partial charge is 0.231 e. The lowest BCUT2D eigenvalue weighted by Crippen LogP contribution is -2.47. The standard InChI is InChI=1S/C17H19FN4O2S/c1-4-24-12-6-10(5-11(18)7-12)13-9-20-15(25-13)17(2)8-14(23)22(3)16(19)21-17/h5-7,9H,4,8H2,1-3H3,(H2,19,21)/t17-/m0/s1. The highest BCUT2D eigenvalue weighted by Gasteiger charge is 2.38. The first-order valence-corrected chi connectivity index (χ1v) is 8.66. The molecule has 1 aromatic carbocycles. The number of thiazole rings is 1. The average molecular weight is 362 g/mol. The van der Waals surface area contributed by atoms with Gasteiger partial charge in [0.1, 0.15) is 22.1 Å². The van der Waals surface area contributed by atoms with Gasteiger partial charge in [-0.25, -0.2) is 14.4 Å². The zero-order valence-corrected chi connectivity index (χ0v) is 15.1. The molecule has 0 spiro atoms. The molecule has 1 aromatic heterocycles. The number of hydrogen-bond acceptors (Lipinski definition) is 6. The van der Waals surface area contributed by atoms with E-state index in [1.54, 1.807) is 19.3 Å². The Hall–Kier alpha value is -2.48. The van der Waals surface area contributed by atoms with Crippen molar-refractivity contribution in [2.75, 3.05) is 13.7 Å². The van der Waals surface area contributed by atoms with Gasteiger partial charge in [0.15, 0.2) is 5.96 Å². The van der Waals surface area contributed by atoms with Crippen LogP contribution in [-0.4, -0.2) is 35.4 Å². The Balaban J connectivity index is 1.97. The Bertz CT molecular complexity index is 851. The summed E-state index contributed by atoms with van der Waals surface area (Å²) in [5.41, 5.74) is 5.70. The van der Waals surface area contributed by atoms with Crippen LogP contribution in [0.15, 0.2) is 29.4 Å². The summed E-state index contributed by atoms with van der Waals surface area (Å²) in [6.07, 6.45) is 1.84. The van der Waals surface area contributed by atoms with Gasteiger partial charge in [-0.2, -0.15) is 0 Å². The van der Waals surface area contributed by atoms with E-state index in [4.69, 9.17) is 10.5 Å². The molecule has 0 saturated heterocycles. The van der Waals surface area contributed by atoms with Crippen molar-refractivity contribution in [2.24, 2.45) is 10.7 Å². The molecule has 8 heteroatoms. The van der Waals surface area contributed by atoms with E-state index in [0.717, 1.165) is 4.88 Å². The Morgan fingerprint density at radius 3 is 2.88 bits per heavy atom. The van der Waals surface area contributed by atoms with Gasteiger partial charge in [0.25, 0.3) is 0 Å². The van der Waals surface area contributed by atoms with Crippen molar-refractivity contribution in [3.8, 4) is 16.2 Å². The molecule has 0 aliphatic carbocycles. The molecule has 2 heterocycles. The van der Waals surface area contributed by atoms with E-state index in [2.05, 4.69) is 9.98 Å². The van der Waals surface area contributed by atoms with E-state index >= 15 is 0 Å². The van der Waals surface area contributed by atoms with Crippen molar-refractivity contribution in [1.29, 1.82) is 0 Å². The Kier molecular flexibility index (Phi) is 4.47. The molecule has 0 bridgehead atoms. The van der Waals surface area contributed by atoms with Crippen LogP contribution in [0.2, 0.25) is 0 Å². The first-order chi connectivity index (χ1) is 11.8. The van der Waals surface area contributed by atoms with Gasteiger partial charge in [-0.05, 0) is 31.5 Å². The van der Waals surface area contributed by atoms with Crippen LogP contribution in [0, 0.1) is 5.82 Å². The minimum Gasteiger partial charge on any atom is -0.494 e. The van der Waals surface area contributed by atoms with Gasteiger partial charge in [-0.1, -0.05) is 0 Å². The van der Waals surface area contributed by atoms with Gasteiger partial charge in [0.05, 0.1) is 17.9 Å². The van der Waals surface area contributed by atoms with Gasteiger partial charge in [0, 0.05) is 19.3 Å². The minimum absolute atomic E-state index is 0.115. The quantitative estimate of drug-likeness (QED) is 0.907. The average Bonchev–Trinajstić information content (AvgIpc) is 3.03. The second-order valence-electron chi connectivity index (χ2n) is 6.01. The van der Waals surface area contributed by atoms with E-state index in [-0.39, 0.29) is 24.1 Å². The van der Waals surface area contributed by atoms with Crippen molar-refractivity contribution in [1.82, 2.24) is 9.88 Å². The molecule has 132 valence electrons. The number of carbonyl (C=O) groups excluding carboxylic acids is 1. The van der Waals surface area contributed by atoms with Gasteiger partial charge in [0.2, 0.25) is 5.91 Å². The summed E-state index contributed by atoms with van der Waals surface area (Å²) in [6.45, 7) is 4.12. The predicted octanol–water partition coefficient (Wildman–Crippen LogP) is 2.74. The summed E-state index contributed by atoms with van der Waals surface area (Å²) >= 11 is 1.37.